The van der Waals surface area contributed by atoms with Crippen molar-refractivity contribution in [2.45, 2.75) is 25.8 Å². The molecule has 19 heavy (non-hydrogen) atoms. The van der Waals surface area contributed by atoms with Crippen LogP contribution in [-0.4, -0.2) is 24.4 Å². The lowest BCUT2D eigenvalue weighted by Gasteiger charge is -2.06. The molecule has 4 nitrogen and oxygen atoms in total. The van der Waals surface area contributed by atoms with E-state index < -0.39 is 0 Å². The Kier molecular flexibility index (Phi) is 4.34. The first-order valence-electron chi connectivity index (χ1n) is 6.46. The fourth-order valence-corrected chi connectivity index (χ4v) is 1.67. The topological polar surface area (TPSA) is 58.2 Å². The smallest absolute Gasteiger partial charge is 0.247 e. The second-order valence-corrected chi connectivity index (χ2v) is 4.76. The Hall–Kier alpha value is -2.10. The minimum Gasteiger partial charge on any atom is -0.352 e. The van der Waals surface area contributed by atoms with Gasteiger partial charge in [0, 0.05) is 11.6 Å². The third-order valence-corrected chi connectivity index (χ3v) is 2.89. The molecule has 0 aromatic heterocycles. The minimum atomic E-state index is -0.213. The van der Waals surface area contributed by atoms with E-state index in [2.05, 4.69) is 10.6 Å². The predicted octanol–water partition coefficient (Wildman–Crippen LogP) is 1.48. The number of hydrogen-bond acceptors (Lipinski definition) is 2. The molecular weight excluding hydrogens is 240 g/mol. The highest BCUT2D eigenvalue weighted by Crippen LogP contribution is 2.18. The summed E-state index contributed by atoms with van der Waals surface area (Å²) in [6.07, 6.45) is 3.90. The Morgan fingerprint density at radius 1 is 1.26 bits per heavy atom. The summed E-state index contributed by atoms with van der Waals surface area (Å²) in [7, 11) is 0. The number of benzene rings is 1. The largest absolute Gasteiger partial charge is 0.352 e. The van der Waals surface area contributed by atoms with E-state index in [0.717, 1.165) is 18.4 Å². The number of nitrogens with one attached hydrogen (secondary N) is 2. The van der Waals surface area contributed by atoms with E-state index in [1.165, 1.54) is 0 Å². The van der Waals surface area contributed by atoms with Gasteiger partial charge in [0.1, 0.15) is 0 Å². The molecule has 0 radical (unpaired) electrons. The molecule has 0 heterocycles. The monoisotopic (exact) mass is 258 g/mol. The van der Waals surface area contributed by atoms with E-state index in [0.29, 0.717) is 11.6 Å². The highest BCUT2D eigenvalue weighted by molar-refractivity contribution is 5.99. The lowest BCUT2D eigenvalue weighted by atomic mass is 10.1. The summed E-state index contributed by atoms with van der Waals surface area (Å²) >= 11 is 0. The zero-order valence-corrected chi connectivity index (χ0v) is 11.0. The lowest BCUT2D eigenvalue weighted by Crippen LogP contribution is -2.38. The van der Waals surface area contributed by atoms with E-state index >= 15 is 0 Å². The van der Waals surface area contributed by atoms with Crippen LogP contribution in [0.5, 0.6) is 0 Å². The van der Waals surface area contributed by atoms with Gasteiger partial charge in [0.05, 0.1) is 6.54 Å². The molecular formula is C15H18N2O2. The van der Waals surface area contributed by atoms with Gasteiger partial charge in [-0.05, 0) is 31.4 Å². The van der Waals surface area contributed by atoms with Crippen LogP contribution in [0, 0.1) is 0 Å². The maximum atomic E-state index is 11.8. The Morgan fingerprint density at radius 3 is 2.58 bits per heavy atom. The zero-order chi connectivity index (χ0) is 13.7. The van der Waals surface area contributed by atoms with Gasteiger partial charge in [-0.1, -0.05) is 30.3 Å². The van der Waals surface area contributed by atoms with Crippen molar-refractivity contribution in [3.05, 3.63) is 41.5 Å². The van der Waals surface area contributed by atoms with Crippen molar-refractivity contribution in [2.75, 3.05) is 6.54 Å². The van der Waals surface area contributed by atoms with Gasteiger partial charge in [0.2, 0.25) is 11.8 Å². The minimum absolute atomic E-state index is 0.0370. The van der Waals surface area contributed by atoms with Crippen molar-refractivity contribution in [1.82, 2.24) is 10.6 Å². The summed E-state index contributed by atoms with van der Waals surface area (Å²) in [6.45, 7) is 1.77. The van der Waals surface area contributed by atoms with Crippen molar-refractivity contribution >= 4 is 17.9 Å². The van der Waals surface area contributed by atoms with E-state index in [1.54, 1.807) is 13.0 Å². The van der Waals surface area contributed by atoms with E-state index in [-0.39, 0.29) is 18.4 Å². The summed E-state index contributed by atoms with van der Waals surface area (Å²) in [6, 6.07) is 9.94. The molecule has 1 fully saturated rings. The molecule has 1 aromatic rings. The normalized spacial score (nSPS) is 14.9. The molecule has 1 aliphatic carbocycles. The van der Waals surface area contributed by atoms with Crippen LogP contribution in [-0.2, 0) is 9.59 Å². The molecule has 0 aliphatic heterocycles. The summed E-state index contributed by atoms with van der Waals surface area (Å²) in [5.74, 6) is -0.335. The van der Waals surface area contributed by atoms with Gasteiger partial charge < -0.3 is 10.6 Å². The first-order valence-corrected chi connectivity index (χ1v) is 6.46. The molecule has 1 saturated carbocycles. The molecule has 4 heteroatoms. The Bertz CT molecular complexity index is 490. The molecule has 0 atom stereocenters. The van der Waals surface area contributed by atoms with E-state index in [1.807, 2.05) is 30.3 Å². The van der Waals surface area contributed by atoms with E-state index in [9.17, 15) is 9.59 Å². The average molecular weight is 258 g/mol. The van der Waals surface area contributed by atoms with Crippen molar-refractivity contribution in [3.8, 4) is 0 Å². The number of amides is 2. The van der Waals surface area contributed by atoms with Gasteiger partial charge >= 0.3 is 0 Å². The zero-order valence-electron chi connectivity index (χ0n) is 11.0. The molecule has 0 bridgehead atoms. The molecule has 100 valence electrons. The maximum absolute atomic E-state index is 11.8. The number of carbonyl (C=O) groups is 2. The Morgan fingerprint density at radius 2 is 1.95 bits per heavy atom. The maximum Gasteiger partial charge on any atom is 0.247 e. The third-order valence-electron chi connectivity index (χ3n) is 2.89. The van der Waals surface area contributed by atoms with Crippen molar-refractivity contribution in [1.29, 1.82) is 0 Å². The summed E-state index contributed by atoms with van der Waals surface area (Å²) in [5, 5.41) is 5.44. The first kappa shape index (κ1) is 13.3. The Labute approximate surface area is 112 Å². The van der Waals surface area contributed by atoms with Gasteiger partial charge in [-0.3, -0.25) is 9.59 Å². The van der Waals surface area contributed by atoms with Gasteiger partial charge in [-0.15, -0.1) is 0 Å². The van der Waals surface area contributed by atoms with Crippen LogP contribution in [0.2, 0.25) is 0 Å². The van der Waals surface area contributed by atoms with Crippen LogP contribution in [0.15, 0.2) is 35.9 Å². The number of hydrogen-bond donors (Lipinski definition) is 2. The highest BCUT2D eigenvalue weighted by atomic mass is 16.2. The lowest BCUT2D eigenvalue weighted by molar-refractivity contribution is -0.124. The number of rotatable bonds is 5. The van der Waals surface area contributed by atoms with Crippen molar-refractivity contribution in [3.63, 3.8) is 0 Å². The van der Waals surface area contributed by atoms with Crippen molar-refractivity contribution < 1.29 is 9.59 Å². The van der Waals surface area contributed by atoms with Crippen LogP contribution in [0.4, 0.5) is 0 Å². The average Bonchev–Trinajstić information content (AvgIpc) is 3.21. The predicted molar refractivity (Wildman–Crippen MR) is 74.3 cm³/mol. The second kappa shape index (κ2) is 6.18. The molecule has 2 N–H and O–H groups in total. The van der Waals surface area contributed by atoms with Gasteiger partial charge in [0.15, 0.2) is 0 Å². The van der Waals surface area contributed by atoms with Crippen molar-refractivity contribution in [2.24, 2.45) is 0 Å². The number of carbonyl (C=O) groups excluding carboxylic acids is 2. The summed E-state index contributed by atoms with van der Waals surface area (Å²) in [5.41, 5.74) is 1.56. The first-order chi connectivity index (χ1) is 9.15. The molecule has 0 spiro atoms. The van der Waals surface area contributed by atoms with Gasteiger partial charge in [-0.25, -0.2) is 0 Å². The second-order valence-electron chi connectivity index (χ2n) is 4.76. The van der Waals surface area contributed by atoms with Crippen LogP contribution in [0.3, 0.4) is 0 Å². The highest BCUT2D eigenvalue weighted by Gasteiger charge is 2.23. The summed E-state index contributed by atoms with van der Waals surface area (Å²) < 4.78 is 0. The third kappa shape index (κ3) is 4.58. The quantitative estimate of drug-likeness (QED) is 0.786. The Balaban J connectivity index is 1.81. The fraction of sp³-hybridized carbons (Fsp3) is 0.333. The van der Waals surface area contributed by atoms with Gasteiger partial charge in [0.25, 0.3) is 0 Å². The van der Waals surface area contributed by atoms with Crippen LogP contribution in [0.1, 0.15) is 25.3 Å². The van der Waals surface area contributed by atoms with Crippen LogP contribution in [0.25, 0.3) is 6.08 Å². The molecule has 2 amide bonds. The van der Waals surface area contributed by atoms with Gasteiger partial charge in [-0.2, -0.15) is 0 Å². The molecule has 1 aliphatic rings. The van der Waals surface area contributed by atoms with Crippen LogP contribution < -0.4 is 10.6 Å². The SMILES string of the molecule is C/C(=C\c1ccccc1)C(=O)NCC(=O)NC1CC1. The van der Waals surface area contributed by atoms with E-state index in [4.69, 9.17) is 0 Å². The van der Waals surface area contributed by atoms with Crippen LogP contribution >= 0.6 is 0 Å². The summed E-state index contributed by atoms with van der Waals surface area (Å²) in [4.78, 5) is 23.2. The molecule has 0 saturated heterocycles. The standard InChI is InChI=1S/C15H18N2O2/c1-11(9-12-5-3-2-4-6-12)15(19)16-10-14(18)17-13-7-8-13/h2-6,9,13H,7-8,10H2,1H3,(H,16,19)(H,17,18)/b11-9+. The fourth-order valence-electron chi connectivity index (χ4n) is 1.67. The molecule has 1 aromatic carbocycles. The molecule has 0 unspecified atom stereocenters. The molecule has 2 rings (SSSR count).